The molecule has 0 saturated heterocycles. The SMILES string of the molecule is CCc1c(C(=O)OC)ccnc1-c1cn(S(=O)(=O)c2ccccc2)c2ccccc12. The molecule has 0 unspecified atom stereocenters. The highest BCUT2D eigenvalue weighted by Crippen LogP contribution is 2.34. The number of carbonyl (C=O) groups excluding carboxylic acids is 1. The Kier molecular flexibility index (Phi) is 5.13. The molecule has 0 saturated carbocycles. The number of rotatable bonds is 5. The molecule has 30 heavy (non-hydrogen) atoms. The van der Waals surface area contributed by atoms with Gasteiger partial charge < -0.3 is 4.74 Å². The van der Waals surface area contributed by atoms with Crippen molar-refractivity contribution in [2.75, 3.05) is 7.11 Å². The molecular formula is C23H20N2O4S. The molecule has 0 N–H and O–H groups in total. The van der Waals surface area contributed by atoms with Crippen molar-refractivity contribution in [2.45, 2.75) is 18.2 Å². The minimum atomic E-state index is -3.81. The smallest absolute Gasteiger partial charge is 0.338 e. The molecule has 0 aliphatic carbocycles. The van der Waals surface area contributed by atoms with Gasteiger partial charge in [-0.2, -0.15) is 0 Å². The first-order chi connectivity index (χ1) is 14.5. The lowest BCUT2D eigenvalue weighted by atomic mass is 9.98. The normalized spacial score (nSPS) is 11.5. The Morgan fingerprint density at radius 2 is 1.73 bits per heavy atom. The van der Waals surface area contributed by atoms with E-state index in [0.717, 1.165) is 5.39 Å². The number of hydrogen-bond donors (Lipinski definition) is 0. The van der Waals surface area contributed by atoms with Crippen LogP contribution >= 0.6 is 0 Å². The molecule has 2 heterocycles. The number of methoxy groups -OCH3 is 1. The quantitative estimate of drug-likeness (QED) is 0.450. The predicted octanol–water partition coefficient (Wildman–Crippen LogP) is 4.29. The molecular weight excluding hydrogens is 400 g/mol. The van der Waals surface area contributed by atoms with E-state index in [-0.39, 0.29) is 4.90 Å². The molecule has 0 aliphatic heterocycles. The minimum Gasteiger partial charge on any atom is -0.465 e. The van der Waals surface area contributed by atoms with Gasteiger partial charge in [0.2, 0.25) is 0 Å². The number of benzene rings is 2. The van der Waals surface area contributed by atoms with Crippen molar-refractivity contribution in [2.24, 2.45) is 0 Å². The van der Waals surface area contributed by atoms with E-state index in [2.05, 4.69) is 4.98 Å². The van der Waals surface area contributed by atoms with Crippen LogP contribution in [0.2, 0.25) is 0 Å². The van der Waals surface area contributed by atoms with Gasteiger partial charge in [-0.15, -0.1) is 0 Å². The van der Waals surface area contributed by atoms with Crippen LogP contribution in [0, 0.1) is 0 Å². The van der Waals surface area contributed by atoms with E-state index in [1.807, 2.05) is 19.1 Å². The van der Waals surface area contributed by atoms with Gasteiger partial charge >= 0.3 is 5.97 Å². The second-order valence-electron chi connectivity index (χ2n) is 6.70. The van der Waals surface area contributed by atoms with E-state index in [1.165, 1.54) is 11.1 Å². The Morgan fingerprint density at radius 3 is 2.43 bits per heavy atom. The van der Waals surface area contributed by atoms with E-state index in [4.69, 9.17) is 4.74 Å². The highest BCUT2D eigenvalue weighted by molar-refractivity contribution is 7.90. The summed E-state index contributed by atoms with van der Waals surface area (Å²) in [5.41, 5.74) is 2.90. The van der Waals surface area contributed by atoms with Crippen LogP contribution in [-0.2, 0) is 21.2 Å². The Morgan fingerprint density at radius 1 is 1.03 bits per heavy atom. The van der Waals surface area contributed by atoms with Crippen molar-refractivity contribution in [1.82, 2.24) is 8.96 Å². The first kappa shape index (κ1) is 19.8. The highest BCUT2D eigenvalue weighted by Gasteiger charge is 2.24. The summed E-state index contributed by atoms with van der Waals surface area (Å²) < 4.78 is 32.9. The monoisotopic (exact) mass is 420 g/mol. The van der Waals surface area contributed by atoms with E-state index >= 15 is 0 Å². The average molecular weight is 420 g/mol. The molecule has 0 aliphatic rings. The zero-order valence-electron chi connectivity index (χ0n) is 16.6. The van der Waals surface area contributed by atoms with Gasteiger partial charge in [0.15, 0.2) is 0 Å². The van der Waals surface area contributed by atoms with Gasteiger partial charge in [0.25, 0.3) is 10.0 Å². The summed E-state index contributed by atoms with van der Waals surface area (Å²) in [5.74, 6) is -0.448. The maximum absolute atomic E-state index is 13.3. The standard InChI is InChI=1S/C23H20N2O4S/c1-3-17-19(23(26)29-2)13-14-24-22(17)20-15-25(21-12-8-7-11-18(20)21)30(27,28)16-9-5-4-6-10-16/h4-15H,3H2,1-2H3. The van der Waals surface area contributed by atoms with E-state index in [9.17, 15) is 13.2 Å². The van der Waals surface area contributed by atoms with Crippen LogP contribution in [0.1, 0.15) is 22.8 Å². The molecule has 2 aromatic carbocycles. The number of esters is 1. The summed E-state index contributed by atoms with van der Waals surface area (Å²) in [5, 5.41) is 0.737. The Labute approximate surface area is 174 Å². The van der Waals surface area contributed by atoms with E-state index < -0.39 is 16.0 Å². The first-order valence-corrected chi connectivity index (χ1v) is 10.9. The third-order valence-corrected chi connectivity index (χ3v) is 6.74. The topological polar surface area (TPSA) is 78.3 Å². The summed E-state index contributed by atoms with van der Waals surface area (Å²) >= 11 is 0. The fraction of sp³-hybridized carbons (Fsp3) is 0.130. The zero-order chi connectivity index (χ0) is 21.3. The van der Waals surface area contributed by atoms with Crippen LogP contribution in [-0.4, -0.2) is 30.5 Å². The highest BCUT2D eigenvalue weighted by atomic mass is 32.2. The average Bonchev–Trinajstić information content (AvgIpc) is 3.19. The zero-order valence-corrected chi connectivity index (χ0v) is 17.4. The number of para-hydroxylation sites is 1. The van der Waals surface area contributed by atoms with Gasteiger partial charge in [0.1, 0.15) is 0 Å². The van der Waals surface area contributed by atoms with E-state index in [1.54, 1.807) is 60.9 Å². The number of ether oxygens (including phenoxy) is 1. The predicted molar refractivity (Wildman–Crippen MR) is 115 cm³/mol. The van der Waals surface area contributed by atoms with Gasteiger partial charge in [-0.3, -0.25) is 4.98 Å². The first-order valence-electron chi connectivity index (χ1n) is 9.46. The van der Waals surface area contributed by atoms with Crippen LogP contribution in [0.15, 0.2) is 78.0 Å². The molecule has 0 radical (unpaired) electrons. The van der Waals surface area contributed by atoms with Gasteiger partial charge in [-0.05, 0) is 36.2 Å². The molecule has 0 bridgehead atoms. The number of carbonyl (C=O) groups is 1. The summed E-state index contributed by atoms with van der Waals surface area (Å²) in [6, 6.07) is 17.2. The summed E-state index contributed by atoms with van der Waals surface area (Å²) in [7, 11) is -2.47. The number of hydrogen-bond acceptors (Lipinski definition) is 5. The molecule has 0 amide bonds. The van der Waals surface area contributed by atoms with Crippen LogP contribution in [0.4, 0.5) is 0 Å². The van der Waals surface area contributed by atoms with Gasteiger partial charge in [0, 0.05) is 23.3 Å². The van der Waals surface area contributed by atoms with Crippen molar-refractivity contribution in [3.05, 3.63) is 84.2 Å². The molecule has 0 fully saturated rings. The maximum atomic E-state index is 13.3. The summed E-state index contributed by atoms with van der Waals surface area (Å²) in [6.45, 7) is 1.92. The van der Waals surface area contributed by atoms with Crippen molar-refractivity contribution >= 4 is 26.9 Å². The number of aromatic nitrogens is 2. The Bertz CT molecular complexity index is 1340. The Balaban J connectivity index is 2.01. The lowest BCUT2D eigenvalue weighted by Crippen LogP contribution is -2.11. The maximum Gasteiger partial charge on any atom is 0.338 e. The van der Waals surface area contributed by atoms with Gasteiger partial charge in [0.05, 0.1) is 28.8 Å². The molecule has 2 aromatic heterocycles. The lowest BCUT2D eigenvalue weighted by molar-refractivity contribution is 0.0599. The van der Waals surface area contributed by atoms with Gasteiger partial charge in [-0.25, -0.2) is 17.2 Å². The summed E-state index contributed by atoms with van der Waals surface area (Å²) in [6.07, 6.45) is 3.66. The number of nitrogens with zero attached hydrogens (tertiary/aromatic N) is 2. The molecule has 0 spiro atoms. The van der Waals surface area contributed by atoms with Crippen LogP contribution in [0.5, 0.6) is 0 Å². The van der Waals surface area contributed by atoms with Crippen molar-refractivity contribution in [3.63, 3.8) is 0 Å². The fourth-order valence-electron chi connectivity index (χ4n) is 3.63. The fourth-order valence-corrected chi connectivity index (χ4v) is 5.02. The number of pyridine rings is 1. The molecule has 4 aromatic rings. The second-order valence-corrected chi connectivity index (χ2v) is 8.52. The molecule has 4 rings (SSSR count). The molecule has 0 atom stereocenters. The summed E-state index contributed by atoms with van der Waals surface area (Å²) in [4.78, 5) is 16.9. The largest absolute Gasteiger partial charge is 0.465 e. The van der Waals surface area contributed by atoms with Crippen LogP contribution < -0.4 is 0 Å². The number of fused-ring (bicyclic) bond motifs is 1. The van der Waals surface area contributed by atoms with Crippen molar-refractivity contribution < 1.29 is 17.9 Å². The van der Waals surface area contributed by atoms with Crippen molar-refractivity contribution in [1.29, 1.82) is 0 Å². The van der Waals surface area contributed by atoms with Gasteiger partial charge in [-0.1, -0.05) is 43.3 Å². The molecule has 6 nitrogen and oxygen atoms in total. The third kappa shape index (κ3) is 3.17. The second kappa shape index (κ2) is 7.76. The Hall–Kier alpha value is -3.45. The third-order valence-electron chi connectivity index (χ3n) is 5.05. The molecule has 152 valence electrons. The minimum absolute atomic E-state index is 0.198. The van der Waals surface area contributed by atoms with Crippen molar-refractivity contribution in [3.8, 4) is 11.3 Å². The van der Waals surface area contributed by atoms with Crippen LogP contribution in [0.3, 0.4) is 0 Å². The van der Waals surface area contributed by atoms with E-state index in [0.29, 0.717) is 34.3 Å². The van der Waals surface area contributed by atoms with Crippen LogP contribution in [0.25, 0.3) is 22.2 Å². The molecule has 7 heteroatoms. The lowest BCUT2D eigenvalue weighted by Gasteiger charge is -2.10.